The van der Waals surface area contributed by atoms with Crippen molar-refractivity contribution in [1.82, 2.24) is 0 Å². The van der Waals surface area contributed by atoms with Gasteiger partial charge in [-0.15, -0.1) is 0 Å². The maximum Gasteiger partial charge on any atom is 0.228 e. The molecule has 1 fully saturated rings. The number of β-lactam (4-membered cyclic amide) rings is 1. The van der Waals surface area contributed by atoms with Crippen LogP contribution < -0.4 is 10.6 Å². The number of anilines is 2. The number of carbonyl (C=O) groups excluding carboxylic acids is 1. The zero-order valence-corrected chi connectivity index (χ0v) is 9.47. The smallest absolute Gasteiger partial charge is 0.228 e. The number of hydrogen-bond donors (Lipinski definition) is 1. The third-order valence-electron chi connectivity index (χ3n) is 2.48. The third kappa shape index (κ3) is 1.39. The molecule has 0 aliphatic carbocycles. The molecule has 0 unspecified atom stereocenters. The van der Waals surface area contributed by atoms with Crippen molar-refractivity contribution in [2.24, 2.45) is 0 Å². The van der Waals surface area contributed by atoms with Crippen LogP contribution in [0.3, 0.4) is 0 Å². The largest absolute Gasteiger partial charge is 0.398 e. The molecule has 3 nitrogen and oxygen atoms in total. The zero-order chi connectivity index (χ0) is 10.3. The van der Waals surface area contributed by atoms with Crippen LogP contribution in [-0.4, -0.2) is 12.5 Å². The van der Waals surface area contributed by atoms with Crippen molar-refractivity contribution in [2.75, 3.05) is 17.2 Å². The van der Waals surface area contributed by atoms with Crippen molar-refractivity contribution in [3.05, 3.63) is 22.2 Å². The van der Waals surface area contributed by atoms with Gasteiger partial charge in [0.15, 0.2) is 0 Å². The highest BCUT2D eigenvalue weighted by molar-refractivity contribution is 9.10. The number of benzene rings is 1. The molecule has 0 bridgehead atoms. The maximum atomic E-state index is 11.2. The summed E-state index contributed by atoms with van der Waals surface area (Å²) in [5.41, 5.74) is 8.42. The second-order valence-corrected chi connectivity index (χ2v) is 4.31. The Morgan fingerprint density at radius 3 is 2.71 bits per heavy atom. The van der Waals surface area contributed by atoms with Gasteiger partial charge in [0, 0.05) is 23.1 Å². The Kier molecular flexibility index (Phi) is 2.23. The summed E-state index contributed by atoms with van der Waals surface area (Å²) in [5, 5.41) is 0. The Labute approximate surface area is 91.0 Å². The minimum Gasteiger partial charge on any atom is -0.398 e. The summed E-state index contributed by atoms with van der Waals surface area (Å²) in [7, 11) is 0. The summed E-state index contributed by atoms with van der Waals surface area (Å²) in [4.78, 5) is 13.0. The molecule has 2 rings (SSSR count). The number of aryl methyl sites for hydroxylation is 1. The quantitative estimate of drug-likeness (QED) is 0.616. The van der Waals surface area contributed by atoms with Gasteiger partial charge >= 0.3 is 0 Å². The zero-order valence-electron chi connectivity index (χ0n) is 7.88. The van der Waals surface area contributed by atoms with E-state index < -0.39 is 0 Å². The van der Waals surface area contributed by atoms with Gasteiger partial charge in [-0.1, -0.05) is 0 Å². The first-order valence-electron chi connectivity index (χ1n) is 4.45. The number of nitrogens with zero attached hydrogens (tertiary/aromatic N) is 1. The van der Waals surface area contributed by atoms with Crippen molar-refractivity contribution in [3.63, 3.8) is 0 Å². The van der Waals surface area contributed by atoms with Crippen LogP contribution in [0.1, 0.15) is 12.0 Å². The highest BCUT2D eigenvalue weighted by Crippen LogP contribution is 2.33. The van der Waals surface area contributed by atoms with E-state index in [1.807, 2.05) is 19.1 Å². The molecule has 1 amide bonds. The van der Waals surface area contributed by atoms with Crippen LogP contribution in [0.2, 0.25) is 0 Å². The maximum absolute atomic E-state index is 11.2. The van der Waals surface area contributed by atoms with Crippen molar-refractivity contribution < 1.29 is 4.79 Å². The molecule has 0 saturated carbocycles. The van der Waals surface area contributed by atoms with Crippen LogP contribution in [0.15, 0.2) is 16.6 Å². The standard InChI is InChI=1S/C10H11BrN2O/c1-6-4-7(11)9(5-8(6)12)13-3-2-10(13)14/h4-5H,2-3,12H2,1H3. The van der Waals surface area contributed by atoms with Gasteiger partial charge in [-0.05, 0) is 40.5 Å². The Bertz CT molecular complexity index is 403. The fourth-order valence-electron chi connectivity index (χ4n) is 1.45. The van der Waals surface area contributed by atoms with Crippen LogP contribution >= 0.6 is 15.9 Å². The molecule has 14 heavy (non-hydrogen) atoms. The summed E-state index contributed by atoms with van der Waals surface area (Å²) < 4.78 is 0.928. The molecule has 2 N–H and O–H groups in total. The van der Waals surface area contributed by atoms with Crippen molar-refractivity contribution in [1.29, 1.82) is 0 Å². The van der Waals surface area contributed by atoms with E-state index in [1.54, 1.807) is 4.90 Å². The second kappa shape index (κ2) is 3.28. The first-order valence-corrected chi connectivity index (χ1v) is 5.25. The summed E-state index contributed by atoms with van der Waals surface area (Å²) in [6, 6.07) is 3.78. The SMILES string of the molecule is Cc1cc(Br)c(N2CCC2=O)cc1N. The first-order chi connectivity index (χ1) is 6.59. The van der Waals surface area contributed by atoms with Gasteiger partial charge in [0.25, 0.3) is 0 Å². The second-order valence-electron chi connectivity index (χ2n) is 3.46. The number of halogens is 1. The van der Waals surface area contributed by atoms with Gasteiger partial charge in [0.05, 0.1) is 5.69 Å². The monoisotopic (exact) mass is 254 g/mol. The van der Waals surface area contributed by atoms with Crippen molar-refractivity contribution in [2.45, 2.75) is 13.3 Å². The van der Waals surface area contributed by atoms with Gasteiger partial charge < -0.3 is 10.6 Å². The molecule has 1 aliphatic heterocycles. The van der Waals surface area contributed by atoms with Crippen LogP contribution in [-0.2, 0) is 4.79 Å². The van der Waals surface area contributed by atoms with E-state index in [0.717, 1.165) is 28.0 Å². The molecular weight excluding hydrogens is 244 g/mol. The number of hydrogen-bond acceptors (Lipinski definition) is 2. The Hall–Kier alpha value is -1.03. The number of nitrogens with two attached hydrogens (primary N) is 1. The third-order valence-corrected chi connectivity index (χ3v) is 3.11. The lowest BCUT2D eigenvalue weighted by molar-refractivity contribution is -0.122. The molecule has 0 atom stereocenters. The van der Waals surface area contributed by atoms with Crippen LogP contribution in [0.4, 0.5) is 11.4 Å². The van der Waals surface area contributed by atoms with Gasteiger partial charge in [-0.2, -0.15) is 0 Å². The molecule has 0 radical (unpaired) electrons. The molecule has 0 aromatic heterocycles. The molecule has 1 heterocycles. The summed E-state index contributed by atoms with van der Waals surface area (Å²) in [6.07, 6.45) is 0.639. The molecule has 1 aliphatic rings. The number of carbonyl (C=O) groups is 1. The Morgan fingerprint density at radius 2 is 2.21 bits per heavy atom. The Balaban J connectivity index is 2.43. The van der Waals surface area contributed by atoms with Gasteiger partial charge in [0.1, 0.15) is 0 Å². The van der Waals surface area contributed by atoms with Gasteiger partial charge in [-0.25, -0.2) is 0 Å². The molecule has 0 spiro atoms. The van der Waals surface area contributed by atoms with Gasteiger partial charge in [-0.3, -0.25) is 4.79 Å². The molecular formula is C10H11BrN2O. The lowest BCUT2D eigenvalue weighted by Gasteiger charge is -2.31. The molecule has 1 aromatic carbocycles. The molecule has 74 valence electrons. The number of amides is 1. The van der Waals surface area contributed by atoms with Gasteiger partial charge in [0.2, 0.25) is 5.91 Å². The normalized spacial score (nSPS) is 15.6. The highest BCUT2D eigenvalue weighted by atomic mass is 79.9. The van der Waals surface area contributed by atoms with E-state index in [-0.39, 0.29) is 5.91 Å². The van der Waals surface area contributed by atoms with Crippen molar-refractivity contribution >= 4 is 33.2 Å². The molecule has 1 saturated heterocycles. The van der Waals surface area contributed by atoms with Crippen LogP contribution in [0, 0.1) is 6.92 Å². The minimum absolute atomic E-state index is 0.161. The van der Waals surface area contributed by atoms with Crippen LogP contribution in [0.25, 0.3) is 0 Å². The van der Waals surface area contributed by atoms with E-state index in [4.69, 9.17) is 5.73 Å². The fourth-order valence-corrected chi connectivity index (χ4v) is 2.13. The van der Waals surface area contributed by atoms with E-state index in [2.05, 4.69) is 15.9 Å². The minimum atomic E-state index is 0.161. The number of nitrogen functional groups attached to an aromatic ring is 1. The molecule has 4 heteroatoms. The van der Waals surface area contributed by atoms with E-state index in [0.29, 0.717) is 6.42 Å². The number of rotatable bonds is 1. The van der Waals surface area contributed by atoms with E-state index >= 15 is 0 Å². The van der Waals surface area contributed by atoms with E-state index in [1.165, 1.54) is 0 Å². The molecule has 1 aromatic rings. The fraction of sp³-hybridized carbons (Fsp3) is 0.300. The Morgan fingerprint density at radius 1 is 1.50 bits per heavy atom. The average Bonchev–Trinajstić information content (AvgIpc) is 2.12. The summed E-state index contributed by atoms with van der Waals surface area (Å²) in [6.45, 7) is 2.74. The lowest BCUT2D eigenvalue weighted by Crippen LogP contribution is -2.43. The van der Waals surface area contributed by atoms with Crippen molar-refractivity contribution in [3.8, 4) is 0 Å². The summed E-state index contributed by atoms with van der Waals surface area (Å²) in [5.74, 6) is 0.161. The predicted octanol–water partition coefficient (Wildman–Crippen LogP) is 2.08. The topological polar surface area (TPSA) is 46.3 Å². The summed E-state index contributed by atoms with van der Waals surface area (Å²) >= 11 is 3.43. The lowest BCUT2D eigenvalue weighted by atomic mass is 10.1. The van der Waals surface area contributed by atoms with E-state index in [9.17, 15) is 4.79 Å². The van der Waals surface area contributed by atoms with Crippen LogP contribution in [0.5, 0.6) is 0 Å². The average molecular weight is 255 g/mol. The predicted molar refractivity (Wildman–Crippen MR) is 60.3 cm³/mol. The first kappa shape index (κ1) is 9.52. The highest BCUT2D eigenvalue weighted by Gasteiger charge is 2.27.